The molecule has 0 saturated carbocycles. The molecule has 0 radical (unpaired) electrons. The van der Waals surface area contributed by atoms with E-state index in [0.717, 1.165) is 43.0 Å². The predicted molar refractivity (Wildman–Crippen MR) is 82.4 cm³/mol. The van der Waals surface area contributed by atoms with E-state index in [-0.39, 0.29) is 6.61 Å². The van der Waals surface area contributed by atoms with Crippen molar-refractivity contribution in [3.63, 3.8) is 0 Å². The van der Waals surface area contributed by atoms with E-state index in [9.17, 15) is 0 Å². The third kappa shape index (κ3) is 4.59. The molecule has 20 heavy (non-hydrogen) atoms. The highest BCUT2D eigenvalue weighted by Crippen LogP contribution is 2.28. The molecule has 0 bridgehead atoms. The van der Waals surface area contributed by atoms with Gasteiger partial charge in [0.2, 0.25) is 0 Å². The fourth-order valence-electron chi connectivity index (χ4n) is 1.95. The average molecular weight is 271 g/mol. The van der Waals surface area contributed by atoms with E-state index in [1.807, 2.05) is 54.6 Å². The third-order valence-electron chi connectivity index (χ3n) is 3.01. The van der Waals surface area contributed by atoms with Crippen molar-refractivity contribution < 1.29 is 9.84 Å². The maximum absolute atomic E-state index is 8.75. The van der Waals surface area contributed by atoms with Gasteiger partial charge in [-0.15, -0.1) is 0 Å². The maximum atomic E-state index is 8.75. The van der Waals surface area contributed by atoms with Gasteiger partial charge >= 0.3 is 0 Å². The van der Waals surface area contributed by atoms with E-state index in [1.165, 1.54) is 0 Å². The lowest BCUT2D eigenvalue weighted by molar-refractivity contribution is 0.283. The summed E-state index contributed by atoms with van der Waals surface area (Å²) < 4.78 is 5.89. The smallest absolute Gasteiger partial charge is 0.150 e. The second kappa shape index (κ2) is 8.23. The van der Waals surface area contributed by atoms with Crippen LogP contribution in [0.5, 0.6) is 11.5 Å². The number of rotatable bonds is 8. The van der Waals surface area contributed by atoms with E-state index in [2.05, 4.69) is 5.32 Å². The summed E-state index contributed by atoms with van der Waals surface area (Å²) in [7, 11) is 0. The largest absolute Gasteiger partial charge is 0.455 e. The number of para-hydroxylation sites is 3. The first kappa shape index (κ1) is 14.4. The minimum absolute atomic E-state index is 0.272. The summed E-state index contributed by atoms with van der Waals surface area (Å²) in [5.41, 5.74) is 1.00. The Balaban J connectivity index is 1.92. The SMILES string of the molecule is OCCCCCNc1ccccc1Oc1ccccc1. The third-order valence-corrected chi connectivity index (χ3v) is 3.01. The molecule has 0 aliphatic rings. The zero-order valence-corrected chi connectivity index (χ0v) is 11.6. The van der Waals surface area contributed by atoms with Crippen molar-refractivity contribution >= 4 is 5.69 Å². The molecule has 3 heteroatoms. The number of anilines is 1. The summed E-state index contributed by atoms with van der Waals surface area (Å²) in [5, 5.41) is 12.1. The number of benzene rings is 2. The molecule has 106 valence electrons. The van der Waals surface area contributed by atoms with Gasteiger partial charge in [0, 0.05) is 13.2 Å². The van der Waals surface area contributed by atoms with Crippen LogP contribution >= 0.6 is 0 Å². The lowest BCUT2D eigenvalue weighted by atomic mass is 10.2. The van der Waals surface area contributed by atoms with E-state index in [4.69, 9.17) is 9.84 Å². The standard InChI is InChI=1S/C17H21NO2/c19-14-8-2-7-13-18-16-11-5-6-12-17(16)20-15-9-3-1-4-10-15/h1,3-6,9-12,18-19H,2,7-8,13-14H2. The number of ether oxygens (including phenoxy) is 1. The van der Waals surface area contributed by atoms with Crippen LogP contribution in [0.1, 0.15) is 19.3 Å². The number of nitrogens with one attached hydrogen (secondary N) is 1. The molecule has 3 nitrogen and oxygen atoms in total. The van der Waals surface area contributed by atoms with Crippen LogP contribution in [0.25, 0.3) is 0 Å². The fraction of sp³-hybridized carbons (Fsp3) is 0.294. The molecule has 2 rings (SSSR count). The van der Waals surface area contributed by atoms with Crippen molar-refractivity contribution in [1.29, 1.82) is 0 Å². The zero-order valence-electron chi connectivity index (χ0n) is 11.6. The number of hydrogen-bond donors (Lipinski definition) is 2. The Morgan fingerprint density at radius 1 is 0.850 bits per heavy atom. The molecule has 0 aliphatic heterocycles. The normalized spacial score (nSPS) is 10.2. The van der Waals surface area contributed by atoms with Crippen molar-refractivity contribution in [2.45, 2.75) is 19.3 Å². The molecule has 2 N–H and O–H groups in total. The van der Waals surface area contributed by atoms with E-state index in [0.29, 0.717) is 0 Å². The first-order chi connectivity index (χ1) is 9.90. The van der Waals surface area contributed by atoms with Crippen LogP contribution in [0, 0.1) is 0 Å². The predicted octanol–water partition coefficient (Wildman–Crippen LogP) is 4.05. The number of aliphatic hydroxyl groups is 1. The van der Waals surface area contributed by atoms with Crippen LogP contribution < -0.4 is 10.1 Å². The summed E-state index contributed by atoms with van der Waals surface area (Å²) in [5.74, 6) is 1.67. The first-order valence-corrected chi connectivity index (χ1v) is 7.07. The Labute approximate surface area is 120 Å². The summed E-state index contributed by atoms with van der Waals surface area (Å²) in [4.78, 5) is 0. The topological polar surface area (TPSA) is 41.5 Å². The molecule has 0 spiro atoms. The summed E-state index contributed by atoms with van der Waals surface area (Å²) in [6, 6.07) is 17.7. The summed E-state index contributed by atoms with van der Waals surface area (Å²) in [6.07, 6.45) is 2.94. The van der Waals surface area contributed by atoms with E-state index in [1.54, 1.807) is 0 Å². The highest BCUT2D eigenvalue weighted by molar-refractivity contribution is 5.57. The minimum atomic E-state index is 0.272. The second-order valence-electron chi connectivity index (χ2n) is 4.62. The van der Waals surface area contributed by atoms with Gasteiger partial charge in [-0.3, -0.25) is 0 Å². The van der Waals surface area contributed by atoms with Gasteiger partial charge in [0.25, 0.3) is 0 Å². The van der Waals surface area contributed by atoms with Crippen LogP contribution in [0.2, 0.25) is 0 Å². The molecule has 2 aromatic carbocycles. The lowest BCUT2D eigenvalue weighted by Crippen LogP contribution is -2.03. The molecule has 0 aromatic heterocycles. The Bertz CT molecular complexity index is 499. The van der Waals surface area contributed by atoms with Gasteiger partial charge in [-0.2, -0.15) is 0 Å². The van der Waals surface area contributed by atoms with Gasteiger partial charge in [-0.1, -0.05) is 30.3 Å². The zero-order chi connectivity index (χ0) is 14.0. The quantitative estimate of drug-likeness (QED) is 0.712. The van der Waals surface area contributed by atoms with E-state index >= 15 is 0 Å². The van der Waals surface area contributed by atoms with Gasteiger partial charge in [0.05, 0.1) is 5.69 Å². The van der Waals surface area contributed by atoms with Crippen LogP contribution in [0.15, 0.2) is 54.6 Å². The maximum Gasteiger partial charge on any atom is 0.150 e. The van der Waals surface area contributed by atoms with Crippen molar-refractivity contribution in [3.8, 4) is 11.5 Å². The van der Waals surface area contributed by atoms with E-state index < -0.39 is 0 Å². The van der Waals surface area contributed by atoms with Crippen LogP contribution in [0.4, 0.5) is 5.69 Å². The summed E-state index contributed by atoms with van der Waals surface area (Å²) in [6.45, 7) is 1.16. The lowest BCUT2D eigenvalue weighted by Gasteiger charge is -2.12. The average Bonchev–Trinajstić information content (AvgIpc) is 2.50. The number of unbranched alkanes of at least 4 members (excludes halogenated alkanes) is 2. The molecule has 0 heterocycles. The molecular weight excluding hydrogens is 250 g/mol. The monoisotopic (exact) mass is 271 g/mol. The van der Waals surface area contributed by atoms with Gasteiger partial charge in [0.15, 0.2) is 5.75 Å². The molecule has 0 amide bonds. The Hall–Kier alpha value is -2.00. The molecule has 0 atom stereocenters. The van der Waals surface area contributed by atoms with Gasteiger partial charge in [0.1, 0.15) is 5.75 Å². The Morgan fingerprint density at radius 2 is 1.60 bits per heavy atom. The fourth-order valence-corrected chi connectivity index (χ4v) is 1.95. The molecule has 2 aromatic rings. The second-order valence-corrected chi connectivity index (χ2v) is 4.62. The van der Waals surface area contributed by atoms with Gasteiger partial charge in [-0.05, 0) is 43.5 Å². The van der Waals surface area contributed by atoms with Crippen LogP contribution in [0.3, 0.4) is 0 Å². The van der Waals surface area contributed by atoms with Crippen LogP contribution in [-0.4, -0.2) is 18.3 Å². The summed E-state index contributed by atoms with van der Waals surface area (Å²) >= 11 is 0. The molecule has 0 fully saturated rings. The molecule has 0 unspecified atom stereocenters. The van der Waals surface area contributed by atoms with Crippen molar-refractivity contribution in [1.82, 2.24) is 0 Å². The highest BCUT2D eigenvalue weighted by Gasteiger charge is 2.03. The molecule has 0 aliphatic carbocycles. The highest BCUT2D eigenvalue weighted by atomic mass is 16.5. The first-order valence-electron chi connectivity index (χ1n) is 7.07. The molecular formula is C17H21NO2. The van der Waals surface area contributed by atoms with Crippen molar-refractivity contribution in [2.75, 3.05) is 18.5 Å². The number of hydrogen-bond acceptors (Lipinski definition) is 3. The van der Waals surface area contributed by atoms with Gasteiger partial charge < -0.3 is 15.2 Å². The Kier molecular flexibility index (Phi) is 5.93. The van der Waals surface area contributed by atoms with Crippen molar-refractivity contribution in [2.24, 2.45) is 0 Å². The number of aliphatic hydroxyl groups excluding tert-OH is 1. The van der Waals surface area contributed by atoms with Crippen molar-refractivity contribution in [3.05, 3.63) is 54.6 Å². The van der Waals surface area contributed by atoms with Crippen LogP contribution in [-0.2, 0) is 0 Å². The Morgan fingerprint density at radius 3 is 2.40 bits per heavy atom. The minimum Gasteiger partial charge on any atom is -0.455 e. The molecule has 0 saturated heterocycles. The van der Waals surface area contributed by atoms with Gasteiger partial charge in [-0.25, -0.2) is 0 Å².